The molecule has 1 aliphatic heterocycles. The zero-order valence-electron chi connectivity index (χ0n) is 14.1. The summed E-state index contributed by atoms with van der Waals surface area (Å²) >= 11 is 1.68. The summed E-state index contributed by atoms with van der Waals surface area (Å²) in [6, 6.07) is 7.84. The van der Waals surface area contributed by atoms with Crippen molar-refractivity contribution >= 4 is 17.7 Å². The third-order valence-corrected chi connectivity index (χ3v) is 5.10. The molecule has 0 saturated carbocycles. The largest absolute Gasteiger partial charge is 0.481 e. The maximum absolute atomic E-state index is 12.7. The Balaban J connectivity index is 1.59. The first-order valence-electron chi connectivity index (χ1n) is 8.26. The summed E-state index contributed by atoms with van der Waals surface area (Å²) in [7, 11) is 0. The number of aromatic amines is 1. The SMILES string of the molecule is CSc1ccc(O[C@@H](C)C(=O)N2CCC[C@@H](c3ncc[nH]3)C2)cc1. The van der Waals surface area contributed by atoms with Gasteiger partial charge in [0, 0.05) is 36.3 Å². The third kappa shape index (κ3) is 3.93. The Morgan fingerprint density at radius 2 is 2.21 bits per heavy atom. The number of imidazole rings is 1. The molecule has 24 heavy (non-hydrogen) atoms. The molecule has 1 N–H and O–H groups in total. The zero-order valence-corrected chi connectivity index (χ0v) is 14.9. The number of H-pyrrole nitrogens is 1. The minimum Gasteiger partial charge on any atom is -0.481 e. The average Bonchev–Trinajstić information content (AvgIpc) is 3.16. The second-order valence-electron chi connectivity index (χ2n) is 6.03. The molecule has 0 unspecified atom stereocenters. The van der Waals surface area contributed by atoms with Crippen LogP contribution in [0.15, 0.2) is 41.6 Å². The molecule has 2 atom stereocenters. The van der Waals surface area contributed by atoms with Crippen LogP contribution >= 0.6 is 11.8 Å². The first kappa shape index (κ1) is 16.9. The lowest BCUT2D eigenvalue weighted by Gasteiger charge is -2.33. The smallest absolute Gasteiger partial charge is 0.263 e. The number of thioether (sulfide) groups is 1. The molecule has 1 fully saturated rings. The summed E-state index contributed by atoms with van der Waals surface area (Å²) in [4.78, 5) is 23.3. The van der Waals surface area contributed by atoms with Crippen LogP contribution < -0.4 is 4.74 Å². The monoisotopic (exact) mass is 345 g/mol. The second-order valence-corrected chi connectivity index (χ2v) is 6.91. The quantitative estimate of drug-likeness (QED) is 0.845. The number of hydrogen-bond donors (Lipinski definition) is 1. The van der Waals surface area contributed by atoms with Gasteiger partial charge in [0.1, 0.15) is 11.6 Å². The van der Waals surface area contributed by atoms with Crippen molar-refractivity contribution < 1.29 is 9.53 Å². The number of nitrogens with zero attached hydrogens (tertiary/aromatic N) is 2. The van der Waals surface area contributed by atoms with E-state index in [4.69, 9.17) is 4.74 Å². The molecule has 3 rings (SSSR count). The van der Waals surface area contributed by atoms with Gasteiger partial charge in [0.05, 0.1) is 0 Å². The number of carbonyl (C=O) groups is 1. The fourth-order valence-corrected chi connectivity index (χ4v) is 3.48. The van der Waals surface area contributed by atoms with E-state index in [9.17, 15) is 4.79 Å². The van der Waals surface area contributed by atoms with Crippen molar-refractivity contribution in [2.24, 2.45) is 0 Å². The van der Waals surface area contributed by atoms with Crippen LogP contribution in [0.4, 0.5) is 0 Å². The van der Waals surface area contributed by atoms with Crippen molar-refractivity contribution in [3.63, 3.8) is 0 Å². The molecule has 6 heteroatoms. The zero-order chi connectivity index (χ0) is 16.9. The molecule has 0 bridgehead atoms. The number of carbonyl (C=O) groups excluding carboxylic acids is 1. The van der Waals surface area contributed by atoms with Crippen LogP contribution in [-0.2, 0) is 4.79 Å². The Labute approximate surface area is 146 Å². The van der Waals surface area contributed by atoms with Crippen LogP contribution in [0.25, 0.3) is 0 Å². The molecular weight excluding hydrogens is 322 g/mol. The average molecular weight is 345 g/mol. The van der Waals surface area contributed by atoms with E-state index in [0.717, 1.165) is 31.0 Å². The van der Waals surface area contributed by atoms with Crippen LogP contribution in [0, 0.1) is 0 Å². The van der Waals surface area contributed by atoms with Crippen molar-refractivity contribution in [2.45, 2.75) is 36.7 Å². The van der Waals surface area contributed by atoms with Crippen molar-refractivity contribution in [3.8, 4) is 5.75 Å². The molecule has 0 spiro atoms. The molecule has 0 radical (unpaired) electrons. The van der Waals surface area contributed by atoms with Gasteiger partial charge in [-0.2, -0.15) is 0 Å². The van der Waals surface area contributed by atoms with Crippen molar-refractivity contribution in [1.29, 1.82) is 0 Å². The maximum Gasteiger partial charge on any atom is 0.263 e. The third-order valence-electron chi connectivity index (χ3n) is 4.36. The normalized spacial score (nSPS) is 19.1. The number of nitrogens with one attached hydrogen (secondary N) is 1. The summed E-state index contributed by atoms with van der Waals surface area (Å²) in [6.07, 6.45) is 7.20. The summed E-state index contributed by atoms with van der Waals surface area (Å²) in [5, 5.41) is 0. The number of ether oxygens (including phenoxy) is 1. The van der Waals surface area contributed by atoms with Crippen LogP contribution in [-0.4, -0.2) is 46.2 Å². The van der Waals surface area contributed by atoms with E-state index in [1.165, 1.54) is 4.90 Å². The molecule has 0 aliphatic carbocycles. The number of benzene rings is 1. The number of likely N-dealkylation sites (tertiary alicyclic amines) is 1. The molecule has 5 nitrogen and oxygen atoms in total. The van der Waals surface area contributed by atoms with Gasteiger partial charge in [-0.15, -0.1) is 11.8 Å². The number of piperidine rings is 1. The summed E-state index contributed by atoms with van der Waals surface area (Å²) in [6.45, 7) is 3.31. The Hall–Kier alpha value is -1.95. The summed E-state index contributed by atoms with van der Waals surface area (Å²) in [5.41, 5.74) is 0. The van der Waals surface area contributed by atoms with E-state index in [-0.39, 0.29) is 11.8 Å². The van der Waals surface area contributed by atoms with Gasteiger partial charge < -0.3 is 14.6 Å². The summed E-state index contributed by atoms with van der Waals surface area (Å²) in [5.74, 6) is 2.02. The van der Waals surface area contributed by atoms with Gasteiger partial charge >= 0.3 is 0 Å². The van der Waals surface area contributed by atoms with Gasteiger partial charge in [-0.1, -0.05) is 0 Å². The van der Waals surface area contributed by atoms with Gasteiger partial charge in [-0.05, 0) is 50.3 Å². The van der Waals surface area contributed by atoms with Crippen LogP contribution in [0.3, 0.4) is 0 Å². The Kier molecular flexibility index (Phi) is 5.45. The van der Waals surface area contributed by atoms with E-state index < -0.39 is 6.10 Å². The predicted octanol–water partition coefficient (Wildman–Crippen LogP) is 3.31. The fourth-order valence-electron chi connectivity index (χ4n) is 3.07. The highest BCUT2D eigenvalue weighted by Gasteiger charge is 2.29. The number of hydrogen-bond acceptors (Lipinski definition) is 4. The molecular formula is C18H23N3O2S. The fraction of sp³-hybridized carbons (Fsp3) is 0.444. The maximum atomic E-state index is 12.7. The second kappa shape index (κ2) is 7.75. The molecule has 2 heterocycles. The van der Waals surface area contributed by atoms with Gasteiger partial charge in [0.25, 0.3) is 5.91 Å². The van der Waals surface area contributed by atoms with Gasteiger partial charge in [0.2, 0.25) is 0 Å². The van der Waals surface area contributed by atoms with E-state index in [1.54, 1.807) is 18.0 Å². The first-order valence-corrected chi connectivity index (χ1v) is 9.48. The lowest BCUT2D eigenvalue weighted by Crippen LogP contribution is -2.45. The van der Waals surface area contributed by atoms with Gasteiger partial charge in [-0.3, -0.25) is 4.79 Å². The Morgan fingerprint density at radius 3 is 2.88 bits per heavy atom. The van der Waals surface area contributed by atoms with Crippen molar-refractivity contribution in [1.82, 2.24) is 14.9 Å². The van der Waals surface area contributed by atoms with Crippen molar-refractivity contribution in [2.75, 3.05) is 19.3 Å². The van der Waals surface area contributed by atoms with E-state index >= 15 is 0 Å². The lowest BCUT2D eigenvalue weighted by atomic mass is 9.97. The topological polar surface area (TPSA) is 58.2 Å². The lowest BCUT2D eigenvalue weighted by molar-refractivity contribution is -0.139. The molecule has 1 amide bonds. The van der Waals surface area contributed by atoms with Gasteiger partial charge in [-0.25, -0.2) is 4.98 Å². The van der Waals surface area contributed by atoms with Crippen molar-refractivity contribution in [3.05, 3.63) is 42.5 Å². The molecule has 2 aromatic rings. The van der Waals surface area contributed by atoms with E-state index in [0.29, 0.717) is 6.54 Å². The number of rotatable bonds is 5. The molecule has 1 aromatic heterocycles. The minimum absolute atomic E-state index is 0.0419. The predicted molar refractivity (Wildman–Crippen MR) is 95.5 cm³/mol. The molecule has 1 aliphatic rings. The molecule has 1 aromatic carbocycles. The molecule has 128 valence electrons. The number of amides is 1. The van der Waals surface area contributed by atoms with Crippen LogP contribution in [0.5, 0.6) is 5.75 Å². The van der Waals surface area contributed by atoms with Gasteiger partial charge in [0.15, 0.2) is 6.10 Å². The Bertz CT molecular complexity index is 657. The minimum atomic E-state index is -0.486. The van der Waals surface area contributed by atoms with E-state index in [2.05, 4.69) is 9.97 Å². The number of aromatic nitrogens is 2. The Morgan fingerprint density at radius 1 is 1.42 bits per heavy atom. The molecule has 1 saturated heterocycles. The van der Waals surface area contributed by atoms with Crippen LogP contribution in [0.1, 0.15) is 31.5 Å². The highest BCUT2D eigenvalue weighted by atomic mass is 32.2. The standard InChI is InChI=1S/C18H23N3O2S/c1-13(23-15-5-7-16(24-2)8-6-15)18(22)21-11-3-4-14(12-21)17-19-9-10-20-17/h5-10,13-14H,3-4,11-12H2,1-2H3,(H,19,20)/t13-,14+/m0/s1. The highest BCUT2D eigenvalue weighted by molar-refractivity contribution is 7.98. The highest BCUT2D eigenvalue weighted by Crippen LogP contribution is 2.25. The van der Waals surface area contributed by atoms with Crippen LogP contribution in [0.2, 0.25) is 0 Å². The summed E-state index contributed by atoms with van der Waals surface area (Å²) < 4.78 is 5.83. The van der Waals surface area contributed by atoms with E-state index in [1.807, 2.05) is 48.5 Å². The first-order chi connectivity index (χ1) is 11.7.